The molecule has 31 heavy (non-hydrogen) atoms. The van der Waals surface area contributed by atoms with E-state index in [1.54, 1.807) is 17.4 Å². The number of anilines is 2. The number of benzene rings is 3. The van der Waals surface area contributed by atoms with Gasteiger partial charge in [-0.2, -0.15) is 13.2 Å². The summed E-state index contributed by atoms with van der Waals surface area (Å²) in [6.45, 7) is -0.341. The molecule has 0 aliphatic heterocycles. The number of rotatable bonds is 6. The molecule has 3 rings (SSSR count). The smallest absolute Gasteiger partial charge is 0.376 e. The summed E-state index contributed by atoms with van der Waals surface area (Å²) in [5.74, 6) is -2.26. The topological polar surface area (TPSA) is 70.2 Å². The van der Waals surface area contributed by atoms with Crippen molar-refractivity contribution in [3.05, 3.63) is 71.5 Å². The van der Waals surface area contributed by atoms with E-state index < -0.39 is 30.4 Å². The third-order valence-corrected chi connectivity index (χ3v) is 4.56. The van der Waals surface area contributed by atoms with Gasteiger partial charge in [0.15, 0.2) is 0 Å². The highest BCUT2D eigenvalue weighted by Crippen LogP contribution is 2.24. The van der Waals surface area contributed by atoms with Gasteiger partial charge in [0, 0.05) is 27.9 Å². The first-order valence-corrected chi connectivity index (χ1v) is 9.30. The zero-order valence-electron chi connectivity index (χ0n) is 16.4. The van der Waals surface area contributed by atoms with E-state index in [1.807, 2.05) is 30.3 Å². The number of halogens is 4. The van der Waals surface area contributed by atoms with E-state index in [0.717, 1.165) is 16.8 Å². The Labute approximate surface area is 175 Å². The third kappa shape index (κ3) is 5.71. The minimum Gasteiger partial charge on any atom is -0.376 e. The second-order valence-electron chi connectivity index (χ2n) is 6.86. The number of amides is 2. The van der Waals surface area contributed by atoms with Crippen molar-refractivity contribution in [3.8, 4) is 0 Å². The molecular weight excluding hydrogens is 414 g/mol. The molecule has 0 aliphatic carbocycles. The van der Waals surface area contributed by atoms with Gasteiger partial charge in [0.1, 0.15) is 12.4 Å². The van der Waals surface area contributed by atoms with Gasteiger partial charge in [0.25, 0.3) is 5.91 Å². The quantitative estimate of drug-likeness (QED) is 0.497. The number of alkyl halides is 3. The maximum absolute atomic E-state index is 14.2. The van der Waals surface area contributed by atoms with Gasteiger partial charge in [0.2, 0.25) is 5.91 Å². The van der Waals surface area contributed by atoms with Gasteiger partial charge in [-0.15, -0.1) is 0 Å². The largest absolute Gasteiger partial charge is 0.405 e. The Hall–Kier alpha value is -3.62. The van der Waals surface area contributed by atoms with E-state index in [-0.39, 0.29) is 23.4 Å². The Morgan fingerprint density at radius 1 is 0.968 bits per heavy atom. The average Bonchev–Trinajstić information content (AvgIpc) is 2.72. The van der Waals surface area contributed by atoms with Crippen LogP contribution >= 0.6 is 0 Å². The lowest BCUT2D eigenvalue weighted by molar-refractivity contribution is -0.123. The lowest BCUT2D eigenvalue weighted by atomic mass is 10.1. The van der Waals surface area contributed by atoms with Crippen LogP contribution < -0.4 is 16.0 Å². The van der Waals surface area contributed by atoms with Gasteiger partial charge < -0.3 is 16.0 Å². The lowest BCUT2D eigenvalue weighted by Gasteiger charge is -2.14. The average molecular weight is 433 g/mol. The van der Waals surface area contributed by atoms with Gasteiger partial charge in [-0.1, -0.05) is 36.4 Å². The third-order valence-electron chi connectivity index (χ3n) is 4.56. The predicted molar refractivity (Wildman–Crippen MR) is 111 cm³/mol. The summed E-state index contributed by atoms with van der Waals surface area (Å²) in [6.07, 6.45) is -4.58. The van der Waals surface area contributed by atoms with Crippen molar-refractivity contribution in [1.29, 1.82) is 0 Å². The second kappa shape index (κ2) is 9.03. The van der Waals surface area contributed by atoms with Crippen molar-refractivity contribution in [2.75, 3.05) is 23.7 Å². The summed E-state index contributed by atoms with van der Waals surface area (Å²) in [7, 11) is 0. The first-order chi connectivity index (χ1) is 14.6. The Morgan fingerprint density at radius 2 is 1.68 bits per heavy atom. The number of nitrogens with one attached hydrogen (secondary N) is 3. The van der Waals surface area contributed by atoms with Crippen molar-refractivity contribution in [2.45, 2.75) is 13.1 Å². The standard InChI is InChI=1S/C22H19F4N3O2/c1-13-17(23)9-15(21(31)28-12-22(24,25)26)10-19(13)27-11-20(30)29-18-8-4-6-14-5-2-3-7-16(14)18/h2-10,27H,11-12H2,1H3,(H,28,31)(H,29,30). The van der Waals surface area contributed by atoms with Gasteiger partial charge in [0.05, 0.1) is 6.54 Å². The molecule has 0 saturated heterocycles. The number of carbonyl (C=O) groups is 2. The second-order valence-corrected chi connectivity index (χ2v) is 6.86. The summed E-state index contributed by atoms with van der Waals surface area (Å²) in [6, 6.07) is 15.0. The molecule has 0 spiro atoms. The Morgan fingerprint density at radius 3 is 2.42 bits per heavy atom. The molecule has 3 aromatic carbocycles. The van der Waals surface area contributed by atoms with Gasteiger partial charge >= 0.3 is 6.18 Å². The predicted octanol–water partition coefficient (Wildman–Crippen LogP) is 4.63. The van der Waals surface area contributed by atoms with Crippen molar-refractivity contribution in [3.63, 3.8) is 0 Å². The highest BCUT2D eigenvalue weighted by Gasteiger charge is 2.28. The van der Waals surface area contributed by atoms with Crippen molar-refractivity contribution >= 4 is 34.0 Å². The fourth-order valence-electron chi connectivity index (χ4n) is 2.98. The Balaban J connectivity index is 1.70. The van der Waals surface area contributed by atoms with E-state index in [0.29, 0.717) is 5.69 Å². The molecule has 9 heteroatoms. The van der Waals surface area contributed by atoms with E-state index >= 15 is 0 Å². The van der Waals surface area contributed by atoms with Crippen molar-refractivity contribution in [1.82, 2.24) is 5.32 Å². The van der Waals surface area contributed by atoms with Crippen LogP contribution in [0.5, 0.6) is 0 Å². The molecule has 0 aromatic heterocycles. The van der Waals surface area contributed by atoms with Crippen LogP contribution in [-0.2, 0) is 4.79 Å². The molecule has 3 N–H and O–H groups in total. The van der Waals surface area contributed by atoms with Crippen LogP contribution in [0.4, 0.5) is 28.9 Å². The molecule has 0 radical (unpaired) electrons. The molecule has 0 bridgehead atoms. The van der Waals surface area contributed by atoms with Crippen LogP contribution in [0.15, 0.2) is 54.6 Å². The van der Waals surface area contributed by atoms with Gasteiger partial charge in [-0.3, -0.25) is 9.59 Å². The molecule has 0 unspecified atom stereocenters. The maximum atomic E-state index is 14.2. The summed E-state index contributed by atoms with van der Waals surface area (Å²) in [5.41, 5.74) is 0.577. The van der Waals surface area contributed by atoms with Gasteiger partial charge in [-0.05, 0) is 30.5 Å². The Kier molecular flexibility index (Phi) is 6.43. The van der Waals surface area contributed by atoms with E-state index in [9.17, 15) is 27.2 Å². The van der Waals surface area contributed by atoms with Crippen molar-refractivity contribution < 1.29 is 27.2 Å². The van der Waals surface area contributed by atoms with Crippen LogP contribution in [0.25, 0.3) is 10.8 Å². The molecule has 162 valence electrons. The fourth-order valence-corrected chi connectivity index (χ4v) is 2.98. The summed E-state index contributed by atoms with van der Waals surface area (Å²) < 4.78 is 51.1. The molecule has 3 aromatic rings. The van der Waals surface area contributed by atoms with Crippen LogP contribution in [0, 0.1) is 12.7 Å². The van der Waals surface area contributed by atoms with Crippen LogP contribution in [-0.4, -0.2) is 31.1 Å². The lowest BCUT2D eigenvalue weighted by Crippen LogP contribution is -2.33. The molecule has 0 fully saturated rings. The zero-order valence-corrected chi connectivity index (χ0v) is 16.4. The molecular formula is C22H19F4N3O2. The molecule has 0 atom stereocenters. The fraction of sp³-hybridized carbons (Fsp3) is 0.182. The summed E-state index contributed by atoms with van der Waals surface area (Å²) in [4.78, 5) is 24.3. The number of carbonyl (C=O) groups excluding carboxylic acids is 2. The summed E-state index contributed by atoms with van der Waals surface area (Å²) >= 11 is 0. The molecule has 2 amide bonds. The number of hydrogen-bond acceptors (Lipinski definition) is 3. The van der Waals surface area contributed by atoms with Crippen LogP contribution in [0.1, 0.15) is 15.9 Å². The molecule has 5 nitrogen and oxygen atoms in total. The van der Waals surface area contributed by atoms with Crippen LogP contribution in [0.3, 0.4) is 0 Å². The van der Waals surface area contributed by atoms with E-state index in [4.69, 9.17) is 0 Å². The highest BCUT2D eigenvalue weighted by molar-refractivity contribution is 6.03. The highest BCUT2D eigenvalue weighted by atomic mass is 19.4. The number of fused-ring (bicyclic) bond motifs is 1. The van der Waals surface area contributed by atoms with E-state index in [2.05, 4.69) is 10.6 Å². The first kappa shape index (κ1) is 22.1. The zero-order chi connectivity index (χ0) is 22.6. The normalized spacial score (nSPS) is 11.3. The van der Waals surface area contributed by atoms with E-state index in [1.165, 1.54) is 13.0 Å². The SMILES string of the molecule is Cc1c(F)cc(C(=O)NCC(F)(F)F)cc1NCC(=O)Nc1cccc2ccccc12. The molecule has 0 saturated carbocycles. The van der Waals surface area contributed by atoms with Gasteiger partial charge in [-0.25, -0.2) is 4.39 Å². The summed E-state index contributed by atoms with van der Waals surface area (Å²) in [5, 5.41) is 8.99. The molecule has 0 aliphatic rings. The minimum absolute atomic E-state index is 0.130. The Bertz CT molecular complexity index is 1120. The maximum Gasteiger partial charge on any atom is 0.405 e. The number of hydrogen-bond donors (Lipinski definition) is 3. The van der Waals surface area contributed by atoms with Crippen molar-refractivity contribution in [2.24, 2.45) is 0 Å². The monoisotopic (exact) mass is 433 g/mol. The molecule has 0 heterocycles. The first-order valence-electron chi connectivity index (χ1n) is 9.30. The minimum atomic E-state index is -4.58. The van der Waals surface area contributed by atoms with Crippen LogP contribution in [0.2, 0.25) is 0 Å².